The summed E-state index contributed by atoms with van der Waals surface area (Å²) in [6.07, 6.45) is 2.99. The summed E-state index contributed by atoms with van der Waals surface area (Å²) >= 11 is 0. The van der Waals surface area contributed by atoms with Crippen LogP contribution in [-0.4, -0.2) is 35.1 Å². The average molecular weight is 513 g/mol. The Hall–Kier alpha value is -4.26. The highest BCUT2D eigenvalue weighted by Gasteiger charge is 2.14. The molecule has 0 atom stereocenters. The number of fused-ring (bicyclic) bond motifs is 3. The van der Waals surface area contributed by atoms with Crippen LogP contribution in [-0.2, 0) is 22.6 Å². The van der Waals surface area contributed by atoms with E-state index in [1.807, 2.05) is 36.4 Å². The van der Waals surface area contributed by atoms with Gasteiger partial charge in [-0.3, -0.25) is 14.4 Å². The number of methoxy groups -OCH3 is 1. The predicted octanol–water partition coefficient (Wildman–Crippen LogP) is 5.86. The van der Waals surface area contributed by atoms with Crippen molar-refractivity contribution >= 4 is 45.2 Å². The Morgan fingerprint density at radius 2 is 1.29 bits per heavy atom. The molecule has 4 rings (SSSR count). The maximum atomic E-state index is 12.3. The second-order valence-electron chi connectivity index (χ2n) is 9.50. The molecule has 1 N–H and O–H groups in total. The van der Waals surface area contributed by atoms with E-state index in [1.54, 1.807) is 38.1 Å². The molecule has 0 spiro atoms. The highest BCUT2D eigenvalue weighted by Crippen LogP contribution is 2.31. The first-order valence-electron chi connectivity index (χ1n) is 12.8. The maximum absolute atomic E-state index is 12.3. The number of nitrogens with zero attached hydrogens (tertiary/aromatic N) is 1. The van der Waals surface area contributed by atoms with Gasteiger partial charge in [0.1, 0.15) is 0 Å². The van der Waals surface area contributed by atoms with Gasteiger partial charge in [0.05, 0.1) is 12.7 Å². The lowest BCUT2D eigenvalue weighted by atomic mass is 10.0. The van der Waals surface area contributed by atoms with Crippen molar-refractivity contribution < 1.29 is 23.9 Å². The monoisotopic (exact) mass is 512 g/mol. The molecule has 1 heterocycles. The SMILES string of the molecule is COC(=O)c1ccc(CNC(=O)CCCCCn2c3ccc(C(C)=O)cc3c3cc(C(C)=O)ccc32)cc1. The van der Waals surface area contributed by atoms with E-state index in [4.69, 9.17) is 4.74 Å². The number of ether oxygens (including phenoxy) is 1. The summed E-state index contributed by atoms with van der Waals surface area (Å²) in [6.45, 7) is 4.29. The fourth-order valence-corrected chi connectivity index (χ4v) is 4.68. The summed E-state index contributed by atoms with van der Waals surface area (Å²) in [7, 11) is 1.34. The highest BCUT2D eigenvalue weighted by atomic mass is 16.5. The minimum atomic E-state index is -0.386. The average Bonchev–Trinajstić information content (AvgIpc) is 3.23. The van der Waals surface area contributed by atoms with Crippen LogP contribution in [0.2, 0.25) is 0 Å². The number of esters is 1. The minimum absolute atomic E-state index is 0.00649. The standard InChI is InChI=1S/C31H32N2O5/c1-20(34)24-12-14-28-26(17-24)27-18-25(21(2)35)13-15-29(27)33(28)16-6-4-5-7-30(36)32-19-22-8-10-23(11-9-22)31(37)38-3/h8-15,17-18H,4-7,16,19H2,1-3H3,(H,32,36). The number of rotatable bonds is 11. The van der Waals surface area contributed by atoms with Gasteiger partial charge in [0.2, 0.25) is 5.91 Å². The zero-order chi connectivity index (χ0) is 27.2. The number of amides is 1. The first-order chi connectivity index (χ1) is 18.3. The Morgan fingerprint density at radius 3 is 1.82 bits per heavy atom. The third-order valence-electron chi connectivity index (χ3n) is 6.83. The Balaban J connectivity index is 1.34. The molecule has 0 saturated carbocycles. The molecular formula is C31H32N2O5. The van der Waals surface area contributed by atoms with Crippen LogP contribution in [0.5, 0.6) is 0 Å². The largest absolute Gasteiger partial charge is 0.465 e. The van der Waals surface area contributed by atoms with Crippen molar-refractivity contribution in [2.45, 2.75) is 52.6 Å². The molecular weight excluding hydrogens is 480 g/mol. The van der Waals surface area contributed by atoms with Crippen LogP contribution >= 0.6 is 0 Å². The number of carbonyl (C=O) groups excluding carboxylic acids is 4. The van der Waals surface area contributed by atoms with Crippen LogP contribution in [0, 0.1) is 0 Å². The lowest BCUT2D eigenvalue weighted by Crippen LogP contribution is -2.22. The first kappa shape index (κ1) is 26.8. The summed E-state index contributed by atoms with van der Waals surface area (Å²) in [5.74, 6) is -0.380. The number of ketones is 2. The molecule has 1 aromatic heterocycles. The van der Waals surface area contributed by atoms with Gasteiger partial charge in [0.15, 0.2) is 11.6 Å². The van der Waals surface area contributed by atoms with Crippen molar-refractivity contribution in [2.75, 3.05) is 7.11 Å². The molecule has 0 aliphatic carbocycles. The summed E-state index contributed by atoms with van der Waals surface area (Å²) in [5, 5.41) is 4.86. The van der Waals surface area contributed by atoms with E-state index in [1.165, 1.54) is 7.11 Å². The smallest absolute Gasteiger partial charge is 0.337 e. The molecule has 0 unspecified atom stereocenters. The van der Waals surface area contributed by atoms with E-state index in [0.717, 1.165) is 53.2 Å². The molecule has 0 fully saturated rings. The van der Waals surface area contributed by atoms with Crippen molar-refractivity contribution in [2.24, 2.45) is 0 Å². The molecule has 0 saturated heterocycles. The van der Waals surface area contributed by atoms with Crippen LogP contribution in [0.25, 0.3) is 21.8 Å². The second-order valence-corrected chi connectivity index (χ2v) is 9.50. The summed E-state index contributed by atoms with van der Waals surface area (Å²) < 4.78 is 6.93. The molecule has 0 radical (unpaired) electrons. The molecule has 0 bridgehead atoms. The lowest BCUT2D eigenvalue weighted by Gasteiger charge is -2.09. The second kappa shape index (κ2) is 11.9. The molecule has 7 nitrogen and oxygen atoms in total. The fourth-order valence-electron chi connectivity index (χ4n) is 4.68. The zero-order valence-electron chi connectivity index (χ0n) is 22.0. The van der Waals surface area contributed by atoms with Crippen LogP contribution in [0.3, 0.4) is 0 Å². The van der Waals surface area contributed by atoms with Crippen LogP contribution in [0.1, 0.15) is 76.2 Å². The summed E-state index contributed by atoms with van der Waals surface area (Å²) in [5.41, 5.74) is 4.75. The van der Waals surface area contributed by atoms with Gasteiger partial charge >= 0.3 is 5.97 Å². The summed E-state index contributed by atoms with van der Waals surface area (Å²) in [6, 6.07) is 18.4. The van der Waals surface area contributed by atoms with Crippen molar-refractivity contribution in [3.8, 4) is 0 Å². The Morgan fingerprint density at radius 1 is 0.737 bits per heavy atom. The van der Waals surface area contributed by atoms with Gasteiger partial charge < -0.3 is 14.6 Å². The molecule has 0 aliphatic rings. The first-order valence-corrected chi connectivity index (χ1v) is 12.8. The van der Waals surface area contributed by atoms with Crippen LogP contribution in [0.4, 0.5) is 0 Å². The number of Topliss-reactive ketones (excluding diaryl/α,β-unsaturated/α-hetero) is 2. The van der Waals surface area contributed by atoms with E-state index in [-0.39, 0.29) is 23.4 Å². The molecule has 38 heavy (non-hydrogen) atoms. The molecule has 196 valence electrons. The third-order valence-corrected chi connectivity index (χ3v) is 6.83. The number of nitrogens with one attached hydrogen (secondary N) is 1. The Kier molecular flexibility index (Phi) is 8.36. The van der Waals surface area contributed by atoms with Gasteiger partial charge in [-0.15, -0.1) is 0 Å². The van der Waals surface area contributed by atoms with Crippen LogP contribution in [0.15, 0.2) is 60.7 Å². The molecule has 1 amide bonds. The van der Waals surface area contributed by atoms with Crippen molar-refractivity contribution in [3.63, 3.8) is 0 Å². The van der Waals surface area contributed by atoms with Gasteiger partial charge in [-0.25, -0.2) is 4.79 Å². The van der Waals surface area contributed by atoms with E-state index in [2.05, 4.69) is 9.88 Å². The van der Waals surface area contributed by atoms with E-state index >= 15 is 0 Å². The van der Waals surface area contributed by atoms with Gasteiger partial charge in [0.25, 0.3) is 0 Å². The number of carbonyl (C=O) groups is 4. The van der Waals surface area contributed by atoms with Gasteiger partial charge in [-0.05, 0) is 80.8 Å². The molecule has 3 aromatic carbocycles. The fraction of sp³-hybridized carbons (Fsp3) is 0.290. The number of hydrogen-bond donors (Lipinski definition) is 1. The lowest BCUT2D eigenvalue weighted by molar-refractivity contribution is -0.121. The predicted molar refractivity (Wildman–Crippen MR) is 148 cm³/mol. The molecule has 4 aromatic rings. The minimum Gasteiger partial charge on any atom is -0.465 e. The molecule has 7 heteroatoms. The van der Waals surface area contributed by atoms with Gasteiger partial charge in [-0.2, -0.15) is 0 Å². The number of aryl methyl sites for hydroxylation is 1. The number of hydrogen-bond acceptors (Lipinski definition) is 5. The Labute approximate surface area is 221 Å². The van der Waals surface area contributed by atoms with Crippen molar-refractivity contribution in [1.82, 2.24) is 9.88 Å². The third kappa shape index (κ3) is 5.99. The van der Waals surface area contributed by atoms with Gasteiger partial charge in [-0.1, -0.05) is 18.6 Å². The zero-order valence-corrected chi connectivity index (χ0v) is 22.0. The van der Waals surface area contributed by atoms with E-state index in [0.29, 0.717) is 29.7 Å². The quantitative estimate of drug-likeness (QED) is 0.154. The number of benzene rings is 3. The Bertz CT molecular complexity index is 1440. The van der Waals surface area contributed by atoms with E-state index in [9.17, 15) is 19.2 Å². The van der Waals surface area contributed by atoms with E-state index < -0.39 is 0 Å². The normalized spacial score (nSPS) is 11.0. The maximum Gasteiger partial charge on any atom is 0.337 e. The van der Waals surface area contributed by atoms with Crippen LogP contribution < -0.4 is 5.32 Å². The van der Waals surface area contributed by atoms with Crippen molar-refractivity contribution in [3.05, 3.63) is 82.9 Å². The highest BCUT2D eigenvalue weighted by molar-refractivity contribution is 6.12. The number of aromatic nitrogens is 1. The summed E-state index contributed by atoms with van der Waals surface area (Å²) in [4.78, 5) is 47.8. The van der Waals surface area contributed by atoms with Crippen molar-refractivity contribution in [1.29, 1.82) is 0 Å². The van der Waals surface area contributed by atoms with Gasteiger partial charge in [0, 0.05) is 52.4 Å². The number of unbranched alkanes of at least 4 members (excludes halogenated alkanes) is 2. The molecule has 0 aliphatic heterocycles. The topological polar surface area (TPSA) is 94.5 Å².